The predicted octanol–water partition coefficient (Wildman–Crippen LogP) is 3.02. The van der Waals surface area contributed by atoms with E-state index in [9.17, 15) is 0 Å². The molecule has 17 heavy (non-hydrogen) atoms. The first kappa shape index (κ1) is 10.8. The van der Waals surface area contributed by atoms with Crippen LogP contribution in [0.4, 0.5) is 11.4 Å². The fourth-order valence-corrected chi connectivity index (χ4v) is 3.00. The maximum Gasteiger partial charge on any atom is 0.142 e. The fourth-order valence-electron chi connectivity index (χ4n) is 3.00. The maximum absolute atomic E-state index is 5.98. The van der Waals surface area contributed by atoms with Gasteiger partial charge in [0, 0.05) is 17.6 Å². The standard InChI is InChI=1S/C14H20N2O/c15-11-4-5-13-12(8-11)16-9-14(10-17-13)6-2-1-3-7-14/h4-5,8,16H,1-3,6-7,9-10,15H2. The molecule has 1 saturated carbocycles. The van der Waals surface area contributed by atoms with Crippen LogP contribution in [0.5, 0.6) is 5.75 Å². The Bertz CT molecular complexity index is 411. The lowest BCUT2D eigenvalue weighted by Gasteiger charge is -2.35. The molecule has 1 aliphatic carbocycles. The molecule has 2 aliphatic rings. The molecule has 3 N–H and O–H groups in total. The van der Waals surface area contributed by atoms with Gasteiger partial charge in [0.25, 0.3) is 0 Å². The molecule has 3 heteroatoms. The predicted molar refractivity (Wildman–Crippen MR) is 70.4 cm³/mol. The molecule has 0 bridgehead atoms. The van der Waals surface area contributed by atoms with Crippen molar-refractivity contribution in [3.8, 4) is 5.75 Å². The van der Waals surface area contributed by atoms with Crippen LogP contribution >= 0.6 is 0 Å². The van der Waals surface area contributed by atoms with E-state index < -0.39 is 0 Å². The van der Waals surface area contributed by atoms with Crippen LogP contribution < -0.4 is 15.8 Å². The topological polar surface area (TPSA) is 47.3 Å². The fraction of sp³-hybridized carbons (Fsp3) is 0.571. The third-order valence-electron chi connectivity index (χ3n) is 4.11. The number of hydrogen-bond donors (Lipinski definition) is 2. The molecule has 0 saturated heterocycles. The highest BCUT2D eigenvalue weighted by molar-refractivity contribution is 5.64. The first-order valence-corrected chi connectivity index (χ1v) is 6.54. The summed E-state index contributed by atoms with van der Waals surface area (Å²) in [6.45, 7) is 1.86. The molecule has 0 unspecified atom stereocenters. The van der Waals surface area contributed by atoms with Gasteiger partial charge in [-0.15, -0.1) is 0 Å². The molecule has 1 spiro atoms. The van der Waals surface area contributed by atoms with Crippen molar-refractivity contribution in [2.75, 3.05) is 24.2 Å². The number of anilines is 2. The van der Waals surface area contributed by atoms with E-state index >= 15 is 0 Å². The number of fused-ring (bicyclic) bond motifs is 1. The van der Waals surface area contributed by atoms with Crippen LogP contribution in [0.2, 0.25) is 0 Å². The van der Waals surface area contributed by atoms with Crippen LogP contribution in [0, 0.1) is 5.41 Å². The van der Waals surface area contributed by atoms with Crippen LogP contribution in [-0.2, 0) is 0 Å². The zero-order valence-electron chi connectivity index (χ0n) is 10.2. The lowest BCUT2D eigenvalue weighted by molar-refractivity contribution is 0.115. The SMILES string of the molecule is Nc1ccc2c(c1)NCC1(CCCCC1)CO2. The van der Waals surface area contributed by atoms with Gasteiger partial charge in [-0.05, 0) is 31.0 Å². The second kappa shape index (κ2) is 4.13. The molecular formula is C14H20N2O. The molecule has 1 fully saturated rings. The van der Waals surface area contributed by atoms with Crippen molar-refractivity contribution in [3.05, 3.63) is 18.2 Å². The quantitative estimate of drug-likeness (QED) is 0.676. The normalized spacial score (nSPS) is 22.1. The summed E-state index contributed by atoms with van der Waals surface area (Å²) >= 11 is 0. The third kappa shape index (κ3) is 2.06. The summed E-state index contributed by atoms with van der Waals surface area (Å²) in [5.74, 6) is 0.946. The van der Waals surface area contributed by atoms with Gasteiger partial charge in [-0.25, -0.2) is 0 Å². The van der Waals surface area contributed by atoms with Gasteiger partial charge >= 0.3 is 0 Å². The van der Waals surface area contributed by atoms with Gasteiger partial charge in [0.2, 0.25) is 0 Å². The molecule has 0 amide bonds. The minimum atomic E-state index is 0.339. The number of benzene rings is 1. The lowest BCUT2D eigenvalue weighted by atomic mass is 9.74. The smallest absolute Gasteiger partial charge is 0.142 e. The van der Waals surface area contributed by atoms with Crippen LogP contribution in [0.25, 0.3) is 0 Å². The Morgan fingerprint density at radius 3 is 2.82 bits per heavy atom. The van der Waals surface area contributed by atoms with E-state index in [4.69, 9.17) is 10.5 Å². The van der Waals surface area contributed by atoms with E-state index in [2.05, 4.69) is 5.32 Å². The first-order chi connectivity index (χ1) is 8.27. The van der Waals surface area contributed by atoms with Gasteiger partial charge in [-0.2, -0.15) is 0 Å². The number of nitrogen functional groups attached to an aromatic ring is 1. The van der Waals surface area contributed by atoms with Crippen molar-refractivity contribution in [1.82, 2.24) is 0 Å². The number of nitrogens with two attached hydrogens (primary N) is 1. The van der Waals surface area contributed by atoms with E-state index in [1.54, 1.807) is 0 Å². The van der Waals surface area contributed by atoms with Crippen LogP contribution in [0.15, 0.2) is 18.2 Å². The molecule has 92 valence electrons. The molecule has 1 aromatic rings. The van der Waals surface area contributed by atoms with E-state index in [0.29, 0.717) is 5.41 Å². The Hall–Kier alpha value is -1.38. The van der Waals surface area contributed by atoms with Crippen molar-refractivity contribution in [2.45, 2.75) is 32.1 Å². The molecular weight excluding hydrogens is 212 g/mol. The average molecular weight is 232 g/mol. The highest BCUT2D eigenvalue weighted by Crippen LogP contribution is 2.41. The number of rotatable bonds is 0. The van der Waals surface area contributed by atoms with E-state index in [-0.39, 0.29) is 0 Å². The number of hydrogen-bond acceptors (Lipinski definition) is 3. The van der Waals surface area contributed by atoms with Crippen LogP contribution in [0.1, 0.15) is 32.1 Å². The molecule has 1 heterocycles. The first-order valence-electron chi connectivity index (χ1n) is 6.54. The van der Waals surface area contributed by atoms with Crippen molar-refractivity contribution in [3.63, 3.8) is 0 Å². The summed E-state index contributed by atoms with van der Waals surface area (Å²) < 4.78 is 5.98. The van der Waals surface area contributed by atoms with E-state index in [1.807, 2.05) is 18.2 Å². The Labute approximate surface area is 102 Å². The van der Waals surface area contributed by atoms with Crippen molar-refractivity contribution >= 4 is 11.4 Å². The van der Waals surface area contributed by atoms with Crippen LogP contribution in [-0.4, -0.2) is 13.2 Å². The minimum Gasteiger partial charge on any atom is -0.491 e. The minimum absolute atomic E-state index is 0.339. The van der Waals surface area contributed by atoms with Gasteiger partial charge in [0.1, 0.15) is 5.75 Å². The van der Waals surface area contributed by atoms with Gasteiger partial charge in [-0.1, -0.05) is 19.3 Å². The monoisotopic (exact) mass is 232 g/mol. The molecule has 0 atom stereocenters. The van der Waals surface area contributed by atoms with Crippen molar-refractivity contribution < 1.29 is 4.74 Å². The highest BCUT2D eigenvalue weighted by Gasteiger charge is 2.34. The number of ether oxygens (including phenoxy) is 1. The van der Waals surface area contributed by atoms with E-state index in [1.165, 1.54) is 32.1 Å². The summed E-state index contributed by atoms with van der Waals surface area (Å²) in [5, 5.41) is 3.52. The third-order valence-corrected chi connectivity index (χ3v) is 4.11. The molecule has 1 aromatic carbocycles. The Balaban J connectivity index is 1.82. The molecule has 0 aromatic heterocycles. The second-order valence-electron chi connectivity index (χ2n) is 5.46. The second-order valence-corrected chi connectivity index (χ2v) is 5.46. The lowest BCUT2D eigenvalue weighted by Crippen LogP contribution is -2.36. The van der Waals surface area contributed by atoms with Crippen molar-refractivity contribution in [2.24, 2.45) is 5.41 Å². The zero-order chi connectivity index (χ0) is 11.7. The number of nitrogens with one attached hydrogen (secondary N) is 1. The maximum atomic E-state index is 5.98. The van der Waals surface area contributed by atoms with Gasteiger partial charge < -0.3 is 15.8 Å². The van der Waals surface area contributed by atoms with Gasteiger partial charge in [0.05, 0.1) is 12.3 Å². The summed E-state index contributed by atoms with van der Waals surface area (Å²) in [7, 11) is 0. The van der Waals surface area contributed by atoms with Gasteiger partial charge in [0.15, 0.2) is 0 Å². The Morgan fingerprint density at radius 1 is 1.18 bits per heavy atom. The largest absolute Gasteiger partial charge is 0.491 e. The van der Waals surface area contributed by atoms with Gasteiger partial charge in [-0.3, -0.25) is 0 Å². The molecule has 0 radical (unpaired) electrons. The summed E-state index contributed by atoms with van der Waals surface area (Å²) in [5.41, 5.74) is 7.99. The molecule has 3 rings (SSSR count). The highest BCUT2D eigenvalue weighted by atomic mass is 16.5. The van der Waals surface area contributed by atoms with E-state index in [0.717, 1.165) is 30.3 Å². The van der Waals surface area contributed by atoms with Crippen LogP contribution in [0.3, 0.4) is 0 Å². The molecule has 1 aliphatic heterocycles. The van der Waals surface area contributed by atoms with Crippen molar-refractivity contribution in [1.29, 1.82) is 0 Å². The Kier molecular flexibility index (Phi) is 2.61. The average Bonchev–Trinajstić information content (AvgIpc) is 2.52. The molecule has 3 nitrogen and oxygen atoms in total. The summed E-state index contributed by atoms with van der Waals surface area (Å²) in [6.07, 6.45) is 6.61. The zero-order valence-corrected chi connectivity index (χ0v) is 10.2. The summed E-state index contributed by atoms with van der Waals surface area (Å²) in [6, 6.07) is 5.84. The summed E-state index contributed by atoms with van der Waals surface area (Å²) in [4.78, 5) is 0. The Morgan fingerprint density at radius 2 is 2.00 bits per heavy atom.